The monoisotopic (exact) mass is 358 g/mol. The van der Waals surface area contributed by atoms with Crippen molar-refractivity contribution in [1.29, 1.82) is 0 Å². The van der Waals surface area contributed by atoms with Gasteiger partial charge in [0.1, 0.15) is 6.10 Å². The third-order valence-corrected chi connectivity index (χ3v) is 5.69. The predicted molar refractivity (Wildman–Crippen MR) is 68.4 cm³/mol. The minimum atomic E-state index is -5.74. The second kappa shape index (κ2) is 5.56. The number of ether oxygens (including phenoxy) is 2. The number of fused-ring (bicyclic) bond motifs is 5. The largest absolute Gasteiger partial charge is 0.498 e. The summed E-state index contributed by atoms with van der Waals surface area (Å²) in [6.45, 7) is -0.767. The number of rotatable bonds is 4. The zero-order chi connectivity index (χ0) is 17.8. The van der Waals surface area contributed by atoms with E-state index in [1.165, 1.54) is 6.26 Å². The maximum atomic E-state index is 13.2. The topological polar surface area (TPSA) is 35.5 Å². The first-order chi connectivity index (χ1) is 11.1. The summed E-state index contributed by atoms with van der Waals surface area (Å²) in [5, 5.41) is 0. The predicted octanol–water partition coefficient (Wildman–Crippen LogP) is 3.99. The van der Waals surface area contributed by atoms with Gasteiger partial charge in [0.15, 0.2) is 0 Å². The van der Waals surface area contributed by atoms with Gasteiger partial charge in [-0.25, -0.2) is 0 Å². The molecular formula is C15H16F6O3. The third-order valence-electron chi connectivity index (χ3n) is 5.69. The van der Waals surface area contributed by atoms with E-state index in [1.807, 2.05) is 6.08 Å². The van der Waals surface area contributed by atoms with E-state index >= 15 is 0 Å². The number of carbonyl (C=O) groups excluding carboxylic acids is 1. The van der Waals surface area contributed by atoms with Gasteiger partial charge in [-0.15, -0.1) is 0 Å². The molecule has 2 fully saturated rings. The van der Waals surface area contributed by atoms with E-state index in [4.69, 9.17) is 4.74 Å². The van der Waals surface area contributed by atoms with Crippen LogP contribution in [-0.4, -0.2) is 30.5 Å². The van der Waals surface area contributed by atoms with Gasteiger partial charge >= 0.3 is 18.0 Å². The molecule has 5 atom stereocenters. The highest BCUT2D eigenvalue weighted by molar-refractivity contribution is 5.39. The molecule has 0 aromatic rings. The van der Waals surface area contributed by atoms with E-state index in [0.29, 0.717) is 6.42 Å². The van der Waals surface area contributed by atoms with Crippen LogP contribution in [0.2, 0.25) is 0 Å². The van der Waals surface area contributed by atoms with Crippen molar-refractivity contribution >= 4 is 6.47 Å². The average Bonchev–Trinajstić information content (AvgIpc) is 3.03. The molecule has 2 bridgehead atoms. The van der Waals surface area contributed by atoms with E-state index in [2.05, 4.69) is 4.74 Å². The van der Waals surface area contributed by atoms with E-state index in [-0.39, 0.29) is 30.3 Å². The van der Waals surface area contributed by atoms with Crippen molar-refractivity contribution in [2.75, 3.05) is 0 Å². The van der Waals surface area contributed by atoms with Crippen LogP contribution in [0.3, 0.4) is 0 Å². The van der Waals surface area contributed by atoms with Gasteiger partial charge in [0.25, 0.3) is 6.47 Å². The molecule has 0 aromatic carbocycles. The zero-order valence-electron chi connectivity index (χ0n) is 12.4. The number of halogens is 6. The molecule has 0 aromatic heterocycles. The lowest BCUT2D eigenvalue weighted by Crippen LogP contribution is -2.60. The SMILES string of the molecule is O=COC(CC1CC2CC1C1OC=CCC21)(C(F)(F)F)C(F)(F)F. The summed E-state index contributed by atoms with van der Waals surface area (Å²) >= 11 is 0. The Hall–Kier alpha value is -1.41. The Balaban J connectivity index is 1.87. The van der Waals surface area contributed by atoms with Crippen molar-refractivity contribution in [3.8, 4) is 0 Å². The zero-order valence-corrected chi connectivity index (χ0v) is 12.4. The Morgan fingerprint density at radius 1 is 1.08 bits per heavy atom. The minimum Gasteiger partial charge on any atom is -0.498 e. The molecule has 0 radical (unpaired) electrons. The molecule has 0 N–H and O–H groups in total. The second-order valence-electron chi connectivity index (χ2n) is 6.77. The van der Waals surface area contributed by atoms with Crippen molar-refractivity contribution < 1.29 is 40.6 Å². The lowest BCUT2D eigenvalue weighted by Gasteiger charge is -2.42. The van der Waals surface area contributed by atoms with Crippen LogP contribution in [0.4, 0.5) is 26.3 Å². The summed E-state index contributed by atoms with van der Waals surface area (Å²) < 4.78 is 88.6. The molecule has 0 amide bonds. The van der Waals surface area contributed by atoms with Crippen LogP contribution in [0.1, 0.15) is 25.7 Å². The van der Waals surface area contributed by atoms with Crippen LogP contribution < -0.4 is 0 Å². The molecule has 1 aliphatic heterocycles. The molecule has 136 valence electrons. The molecule has 2 saturated carbocycles. The Bertz CT molecular complexity index is 512. The summed E-state index contributed by atoms with van der Waals surface area (Å²) in [7, 11) is 0. The van der Waals surface area contributed by atoms with Crippen LogP contribution in [0, 0.1) is 23.7 Å². The summed E-state index contributed by atoms with van der Waals surface area (Å²) in [5.74, 6) is -1.05. The van der Waals surface area contributed by atoms with Gasteiger partial charge in [0.05, 0.1) is 6.26 Å². The van der Waals surface area contributed by atoms with Gasteiger partial charge < -0.3 is 9.47 Å². The molecule has 9 heteroatoms. The molecule has 3 rings (SSSR count). The Morgan fingerprint density at radius 2 is 1.75 bits per heavy atom. The van der Waals surface area contributed by atoms with E-state index in [1.54, 1.807) is 0 Å². The second-order valence-corrected chi connectivity index (χ2v) is 6.77. The molecule has 3 aliphatic rings. The highest BCUT2D eigenvalue weighted by Crippen LogP contribution is 2.60. The van der Waals surface area contributed by atoms with E-state index < -0.39 is 36.8 Å². The first-order valence-electron chi connectivity index (χ1n) is 7.66. The first-order valence-corrected chi connectivity index (χ1v) is 7.66. The molecule has 0 saturated heterocycles. The van der Waals surface area contributed by atoms with Crippen molar-refractivity contribution in [2.24, 2.45) is 23.7 Å². The van der Waals surface area contributed by atoms with Crippen LogP contribution >= 0.6 is 0 Å². The van der Waals surface area contributed by atoms with Gasteiger partial charge in [-0.1, -0.05) is 0 Å². The molecule has 2 aliphatic carbocycles. The highest BCUT2D eigenvalue weighted by Gasteiger charge is 2.75. The number of hydrogen-bond acceptors (Lipinski definition) is 3. The Labute approximate surface area is 134 Å². The fourth-order valence-electron chi connectivity index (χ4n) is 4.69. The Morgan fingerprint density at radius 3 is 2.33 bits per heavy atom. The first kappa shape index (κ1) is 17.4. The van der Waals surface area contributed by atoms with Gasteiger partial charge in [0.2, 0.25) is 0 Å². The molecular weight excluding hydrogens is 342 g/mol. The molecule has 1 heterocycles. The van der Waals surface area contributed by atoms with Gasteiger partial charge in [0, 0.05) is 12.3 Å². The molecule has 3 nitrogen and oxygen atoms in total. The maximum Gasteiger partial charge on any atom is 0.437 e. The number of carbonyl (C=O) groups is 1. The minimum absolute atomic E-state index is 0.0466. The summed E-state index contributed by atoms with van der Waals surface area (Å²) in [5.41, 5.74) is -4.46. The van der Waals surface area contributed by atoms with Crippen molar-refractivity contribution in [1.82, 2.24) is 0 Å². The van der Waals surface area contributed by atoms with Crippen LogP contribution in [0.25, 0.3) is 0 Å². The number of alkyl halides is 6. The van der Waals surface area contributed by atoms with Crippen LogP contribution in [0.5, 0.6) is 0 Å². The van der Waals surface area contributed by atoms with Gasteiger partial charge in [-0.3, -0.25) is 4.79 Å². The quantitative estimate of drug-likeness (QED) is 0.563. The van der Waals surface area contributed by atoms with Gasteiger partial charge in [-0.2, -0.15) is 26.3 Å². The van der Waals surface area contributed by atoms with E-state index in [9.17, 15) is 31.1 Å². The number of hydrogen-bond donors (Lipinski definition) is 0. The van der Waals surface area contributed by atoms with Crippen molar-refractivity contribution in [3.63, 3.8) is 0 Å². The standard InChI is InChI=1S/C15H16F6O3/c16-14(17,18)13(24-7-22,15(19,20)21)6-9-4-8-5-11(9)12-10(8)2-1-3-23-12/h1,3,7-12H,2,4-6H2. The molecule has 0 spiro atoms. The molecule has 24 heavy (non-hydrogen) atoms. The normalized spacial score (nSPS) is 35.5. The number of allylic oxidation sites excluding steroid dienone is 1. The smallest absolute Gasteiger partial charge is 0.437 e. The molecule has 5 unspecified atom stereocenters. The van der Waals surface area contributed by atoms with Gasteiger partial charge in [-0.05, 0) is 43.1 Å². The fourth-order valence-corrected chi connectivity index (χ4v) is 4.69. The fraction of sp³-hybridized carbons (Fsp3) is 0.800. The summed E-state index contributed by atoms with van der Waals surface area (Å²) in [6.07, 6.45) is -8.31. The summed E-state index contributed by atoms with van der Waals surface area (Å²) in [4.78, 5) is 10.4. The summed E-state index contributed by atoms with van der Waals surface area (Å²) in [6, 6.07) is 0. The lowest BCUT2D eigenvalue weighted by molar-refractivity contribution is -0.372. The maximum absolute atomic E-state index is 13.2. The van der Waals surface area contributed by atoms with E-state index in [0.717, 1.165) is 6.42 Å². The Kier molecular flexibility index (Phi) is 4.03. The average molecular weight is 358 g/mol. The highest BCUT2D eigenvalue weighted by atomic mass is 19.4. The van der Waals surface area contributed by atoms with Crippen molar-refractivity contribution in [2.45, 2.75) is 49.7 Å². The lowest BCUT2D eigenvalue weighted by atomic mass is 9.73. The van der Waals surface area contributed by atoms with Crippen LogP contribution in [0.15, 0.2) is 12.3 Å². The third kappa shape index (κ3) is 2.47. The van der Waals surface area contributed by atoms with Crippen molar-refractivity contribution in [3.05, 3.63) is 12.3 Å². The van der Waals surface area contributed by atoms with Crippen LogP contribution in [-0.2, 0) is 14.3 Å².